The van der Waals surface area contributed by atoms with E-state index in [0.29, 0.717) is 12.1 Å². The van der Waals surface area contributed by atoms with Crippen molar-refractivity contribution in [1.29, 1.82) is 0 Å². The second kappa shape index (κ2) is 5.18. The quantitative estimate of drug-likeness (QED) is 0.690. The summed E-state index contributed by atoms with van der Waals surface area (Å²) in [5, 5.41) is 0. The molecule has 0 saturated carbocycles. The number of nitrogens with two attached hydrogens (primary N) is 1. The Labute approximate surface area is 99.0 Å². The summed E-state index contributed by atoms with van der Waals surface area (Å²) < 4.78 is 0. The molecule has 2 atom stereocenters. The molecule has 2 fully saturated rings. The van der Waals surface area contributed by atoms with E-state index in [1.807, 2.05) is 0 Å². The van der Waals surface area contributed by atoms with Crippen LogP contribution in [-0.4, -0.2) is 54.1 Å². The van der Waals surface area contributed by atoms with Crippen LogP contribution in [-0.2, 0) is 0 Å². The van der Waals surface area contributed by atoms with Gasteiger partial charge >= 0.3 is 0 Å². The highest BCUT2D eigenvalue weighted by Gasteiger charge is 2.31. The van der Waals surface area contributed by atoms with Gasteiger partial charge in [0.1, 0.15) is 0 Å². The third-order valence-electron chi connectivity index (χ3n) is 4.07. The van der Waals surface area contributed by atoms with E-state index >= 15 is 0 Å². The van der Waals surface area contributed by atoms with Crippen molar-refractivity contribution in [1.82, 2.24) is 9.80 Å². The monoisotopic (exact) mass is 221 g/mol. The summed E-state index contributed by atoms with van der Waals surface area (Å²) in [7, 11) is 0. The predicted molar refractivity (Wildman–Crippen MR) is 67.1 cm³/mol. The second-order valence-corrected chi connectivity index (χ2v) is 5.15. The summed E-state index contributed by atoms with van der Waals surface area (Å²) >= 11 is 0. The lowest BCUT2D eigenvalue weighted by atomic mass is 10.0. The van der Waals surface area contributed by atoms with Crippen LogP contribution in [0, 0.1) is 12.3 Å². The van der Waals surface area contributed by atoms with Crippen molar-refractivity contribution in [3.05, 3.63) is 0 Å². The van der Waals surface area contributed by atoms with Gasteiger partial charge in [-0.05, 0) is 39.3 Å². The van der Waals surface area contributed by atoms with Gasteiger partial charge in [-0.2, -0.15) is 0 Å². The Morgan fingerprint density at radius 3 is 2.56 bits per heavy atom. The Bertz CT molecular complexity index is 263. The molecule has 2 N–H and O–H groups in total. The maximum absolute atomic E-state index is 5.93. The van der Waals surface area contributed by atoms with E-state index in [2.05, 4.69) is 22.6 Å². The molecule has 2 unspecified atom stereocenters. The van der Waals surface area contributed by atoms with Crippen molar-refractivity contribution in [3.63, 3.8) is 0 Å². The van der Waals surface area contributed by atoms with Gasteiger partial charge in [0.2, 0.25) is 0 Å². The molecule has 0 bridgehead atoms. The minimum atomic E-state index is 0.289. The molecule has 0 aromatic heterocycles. The minimum Gasteiger partial charge on any atom is -0.328 e. The molecule has 0 radical (unpaired) electrons. The molecule has 2 aliphatic heterocycles. The van der Waals surface area contributed by atoms with E-state index in [4.69, 9.17) is 12.2 Å². The zero-order valence-corrected chi connectivity index (χ0v) is 10.2. The highest BCUT2D eigenvalue weighted by Crippen LogP contribution is 2.21. The van der Waals surface area contributed by atoms with E-state index in [9.17, 15) is 0 Å². The number of piperidine rings is 1. The summed E-state index contributed by atoms with van der Waals surface area (Å²) in [6, 6.07) is 1.43. The normalized spacial score (nSPS) is 31.4. The topological polar surface area (TPSA) is 32.5 Å². The van der Waals surface area contributed by atoms with E-state index < -0.39 is 0 Å². The highest BCUT2D eigenvalue weighted by molar-refractivity contribution is 5.00. The third-order valence-corrected chi connectivity index (χ3v) is 4.07. The second-order valence-electron chi connectivity index (χ2n) is 5.15. The first-order valence-corrected chi connectivity index (χ1v) is 6.40. The molecular weight excluding hydrogens is 198 g/mol. The SMILES string of the molecule is C#CC(C)N1CCC(N2CCC(N)CC2)C1. The summed E-state index contributed by atoms with van der Waals surface area (Å²) in [6.07, 6.45) is 9.05. The summed E-state index contributed by atoms with van der Waals surface area (Å²) in [5.41, 5.74) is 5.93. The average Bonchev–Trinajstić information content (AvgIpc) is 2.78. The van der Waals surface area contributed by atoms with Crippen molar-refractivity contribution < 1.29 is 0 Å². The fourth-order valence-electron chi connectivity index (χ4n) is 2.81. The smallest absolute Gasteiger partial charge is 0.0683 e. The van der Waals surface area contributed by atoms with E-state index in [1.165, 1.54) is 19.5 Å². The number of terminal acetylenes is 1. The lowest BCUT2D eigenvalue weighted by molar-refractivity contribution is 0.150. The van der Waals surface area contributed by atoms with Gasteiger partial charge < -0.3 is 5.73 Å². The molecule has 0 aliphatic carbocycles. The van der Waals surface area contributed by atoms with Crippen molar-refractivity contribution in [2.45, 2.75) is 44.3 Å². The van der Waals surface area contributed by atoms with Gasteiger partial charge in [-0.3, -0.25) is 9.80 Å². The molecule has 3 nitrogen and oxygen atoms in total. The summed E-state index contributed by atoms with van der Waals surface area (Å²) in [6.45, 7) is 6.75. The first-order chi connectivity index (χ1) is 7.70. The fourth-order valence-corrected chi connectivity index (χ4v) is 2.81. The molecule has 0 aromatic rings. The molecule has 3 heteroatoms. The van der Waals surface area contributed by atoms with Crippen LogP contribution in [0.4, 0.5) is 0 Å². The molecule has 0 amide bonds. The fraction of sp³-hybridized carbons (Fsp3) is 0.846. The highest BCUT2D eigenvalue weighted by atomic mass is 15.3. The van der Waals surface area contributed by atoms with Crippen LogP contribution in [0.2, 0.25) is 0 Å². The number of rotatable bonds is 2. The lowest BCUT2D eigenvalue weighted by Gasteiger charge is -2.35. The first kappa shape index (κ1) is 11.9. The van der Waals surface area contributed by atoms with Gasteiger partial charge in [-0.15, -0.1) is 6.42 Å². The molecule has 2 saturated heterocycles. The van der Waals surface area contributed by atoms with Crippen molar-refractivity contribution >= 4 is 0 Å². The lowest BCUT2D eigenvalue weighted by Crippen LogP contribution is -2.46. The van der Waals surface area contributed by atoms with E-state index in [1.54, 1.807) is 0 Å². The van der Waals surface area contributed by atoms with Crippen molar-refractivity contribution in [2.24, 2.45) is 5.73 Å². The van der Waals surface area contributed by atoms with Gasteiger partial charge in [0.25, 0.3) is 0 Å². The molecular formula is C13H23N3. The van der Waals surface area contributed by atoms with Crippen LogP contribution in [0.1, 0.15) is 26.2 Å². The van der Waals surface area contributed by atoms with Crippen LogP contribution in [0.15, 0.2) is 0 Å². The van der Waals surface area contributed by atoms with Crippen molar-refractivity contribution in [2.75, 3.05) is 26.2 Å². The van der Waals surface area contributed by atoms with Gasteiger partial charge in [0, 0.05) is 25.2 Å². The molecule has 2 rings (SSSR count). The number of hydrogen-bond donors (Lipinski definition) is 1. The maximum atomic E-state index is 5.93. The summed E-state index contributed by atoms with van der Waals surface area (Å²) in [5.74, 6) is 2.82. The molecule has 0 spiro atoms. The number of hydrogen-bond acceptors (Lipinski definition) is 3. The Morgan fingerprint density at radius 1 is 1.25 bits per heavy atom. The average molecular weight is 221 g/mol. The molecule has 2 heterocycles. The predicted octanol–water partition coefficient (Wildman–Crippen LogP) is 0.506. The third kappa shape index (κ3) is 2.57. The van der Waals surface area contributed by atoms with Crippen LogP contribution in [0.5, 0.6) is 0 Å². The maximum Gasteiger partial charge on any atom is 0.0683 e. The Balaban J connectivity index is 1.82. The van der Waals surface area contributed by atoms with Crippen LogP contribution in [0.3, 0.4) is 0 Å². The van der Waals surface area contributed by atoms with Crippen LogP contribution < -0.4 is 5.73 Å². The number of nitrogens with zero attached hydrogens (tertiary/aromatic N) is 2. The van der Waals surface area contributed by atoms with Crippen LogP contribution >= 0.6 is 0 Å². The van der Waals surface area contributed by atoms with Crippen molar-refractivity contribution in [3.8, 4) is 12.3 Å². The molecule has 0 aromatic carbocycles. The molecule has 2 aliphatic rings. The van der Waals surface area contributed by atoms with E-state index in [0.717, 1.165) is 25.9 Å². The number of likely N-dealkylation sites (tertiary alicyclic amines) is 2. The van der Waals surface area contributed by atoms with Gasteiger partial charge in [-0.1, -0.05) is 5.92 Å². The Hall–Kier alpha value is -0.560. The van der Waals surface area contributed by atoms with Crippen LogP contribution in [0.25, 0.3) is 0 Å². The van der Waals surface area contributed by atoms with Gasteiger partial charge in [-0.25, -0.2) is 0 Å². The minimum absolute atomic E-state index is 0.289. The standard InChI is InChI=1S/C13H23N3/c1-3-11(2)16-9-6-13(10-16)15-7-4-12(14)5-8-15/h1,11-13H,4-10,14H2,2H3. The largest absolute Gasteiger partial charge is 0.328 e. The first-order valence-electron chi connectivity index (χ1n) is 6.40. The van der Waals surface area contributed by atoms with Gasteiger partial charge in [0.15, 0.2) is 0 Å². The zero-order chi connectivity index (χ0) is 11.5. The molecule has 90 valence electrons. The van der Waals surface area contributed by atoms with E-state index in [-0.39, 0.29) is 6.04 Å². The zero-order valence-electron chi connectivity index (χ0n) is 10.2. The molecule has 16 heavy (non-hydrogen) atoms. The Morgan fingerprint density at radius 2 is 1.94 bits per heavy atom. The Kier molecular flexibility index (Phi) is 3.86. The van der Waals surface area contributed by atoms with Gasteiger partial charge in [0.05, 0.1) is 6.04 Å². The summed E-state index contributed by atoms with van der Waals surface area (Å²) in [4.78, 5) is 5.02.